The summed E-state index contributed by atoms with van der Waals surface area (Å²) in [5.74, 6) is 1.24. The minimum atomic E-state index is 0.0246. The lowest BCUT2D eigenvalue weighted by Gasteiger charge is -2.34. The van der Waals surface area contributed by atoms with Crippen LogP contribution in [0.5, 0.6) is 0 Å². The van der Waals surface area contributed by atoms with Gasteiger partial charge in [-0.25, -0.2) is 4.68 Å². The van der Waals surface area contributed by atoms with Gasteiger partial charge in [0.2, 0.25) is 5.91 Å². The number of nitrogens with zero attached hydrogens (tertiary/aromatic N) is 3. The summed E-state index contributed by atoms with van der Waals surface area (Å²) in [4.78, 5) is 12.3. The maximum absolute atomic E-state index is 12.3. The van der Waals surface area contributed by atoms with Crippen molar-refractivity contribution in [3.8, 4) is 0 Å². The Hall–Kier alpha value is -1.91. The topological polar surface area (TPSA) is 59.8 Å². The normalized spacial score (nSPS) is 25.9. The zero-order chi connectivity index (χ0) is 14.8. The molecule has 1 amide bonds. The molecule has 0 aliphatic heterocycles. The Balaban J connectivity index is 1.66. The van der Waals surface area contributed by atoms with Crippen LogP contribution in [0.15, 0.2) is 24.3 Å². The van der Waals surface area contributed by atoms with Crippen LogP contribution in [-0.2, 0) is 11.3 Å². The van der Waals surface area contributed by atoms with E-state index in [-0.39, 0.29) is 18.5 Å². The number of nitrogens with one attached hydrogen (secondary N) is 1. The molecule has 1 aromatic carbocycles. The number of amides is 1. The Bertz CT molecular complexity index is 636. The number of benzene rings is 1. The summed E-state index contributed by atoms with van der Waals surface area (Å²) in [6, 6.07) is 7.99. The number of carbonyl (C=O) groups excluding carboxylic acids is 1. The smallest absolute Gasteiger partial charge is 0.242 e. The molecule has 1 heterocycles. The molecule has 1 aliphatic carbocycles. The van der Waals surface area contributed by atoms with Crippen LogP contribution in [0.1, 0.15) is 33.1 Å². The molecule has 1 aromatic heterocycles. The molecule has 0 radical (unpaired) electrons. The standard InChI is InChI=1S/C16H22N4O/c1-11-6-5-8-13(12(11)2)17-16(21)10-20-15-9-4-3-7-14(15)18-19-20/h3-4,7,9,11-13H,5-6,8,10H2,1-2H3,(H,17,21)/t11-,12+,13+/m0/s1. The Morgan fingerprint density at radius 2 is 2.14 bits per heavy atom. The zero-order valence-corrected chi connectivity index (χ0v) is 12.6. The number of fused-ring (bicyclic) bond motifs is 1. The molecule has 5 nitrogen and oxygen atoms in total. The Morgan fingerprint density at radius 1 is 1.33 bits per heavy atom. The van der Waals surface area contributed by atoms with Gasteiger partial charge in [0.05, 0.1) is 5.52 Å². The second-order valence-corrected chi connectivity index (χ2v) is 6.18. The highest BCUT2D eigenvalue weighted by atomic mass is 16.2. The summed E-state index contributed by atoms with van der Waals surface area (Å²) < 4.78 is 1.67. The predicted octanol–water partition coefficient (Wildman–Crippen LogP) is 2.37. The second kappa shape index (κ2) is 5.84. The van der Waals surface area contributed by atoms with Crippen LogP contribution in [-0.4, -0.2) is 26.9 Å². The van der Waals surface area contributed by atoms with E-state index in [9.17, 15) is 4.79 Å². The lowest BCUT2D eigenvalue weighted by molar-refractivity contribution is -0.123. The van der Waals surface area contributed by atoms with E-state index in [0.29, 0.717) is 11.8 Å². The summed E-state index contributed by atoms with van der Waals surface area (Å²) in [5.41, 5.74) is 1.72. The highest BCUT2D eigenvalue weighted by Crippen LogP contribution is 2.29. The van der Waals surface area contributed by atoms with Crippen LogP contribution in [0.3, 0.4) is 0 Å². The van der Waals surface area contributed by atoms with Crippen LogP contribution >= 0.6 is 0 Å². The molecule has 1 saturated carbocycles. The molecule has 5 heteroatoms. The van der Waals surface area contributed by atoms with Crippen molar-refractivity contribution in [2.45, 2.75) is 45.7 Å². The molecule has 1 fully saturated rings. The molecule has 0 unspecified atom stereocenters. The van der Waals surface area contributed by atoms with Crippen LogP contribution in [0.2, 0.25) is 0 Å². The Labute approximate surface area is 124 Å². The first-order valence-corrected chi connectivity index (χ1v) is 7.73. The third-order valence-electron chi connectivity index (χ3n) is 4.77. The van der Waals surface area contributed by atoms with Crippen molar-refractivity contribution in [3.05, 3.63) is 24.3 Å². The summed E-state index contributed by atoms with van der Waals surface area (Å²) in [5, 5.41) is 11.3. The number of carbonyl (C=O) groups is 1. The molecular weight excluding hydrogens is 264 g/mol. The Morgan fingerprint density at radius 3 is 3.00 bits per heavy atom. The van der Waals surface area contributed by atoms with E-state index in [1.165, 1.54) is 12.8 Å². The molecule has 3 atom stereocenters. The number of hydrogen-bond acceptors (Lipinski definition) is 3. The average molecular weight is 286 g/mol. The first-order valence-electron chi connectivity index (χ1n) is 7.73. The van der Waals surface area contributed by atoms with E-state index in [2.05, 4.69) is 29.5 Å². The third-order valence-corrected chi connectivity index (χ3v) is 4.77. The predicted molar refractivity (Wildman–Crippen MR) is 81.6 cm³/mol. The highest BCUT2D eigenvalue weighted by molar-refractivity contribution is 5.79. The highest BCUT2D eigenvalue weighted by Gasteiger charge is 2.28. The van der Waals surface area contributed by atoms with E-state index in [1.54, 1.807) is 4.68 Å². The van der Waals surface area contributed by atoms with Gasteiger partial charge < -0.3 is 5.32 Å². The average Bonchev–Trinajstić information content (AvgIpc) is 2.87. The molecule has 0 bridgehead atoms. The fourth-order valence-corrected chi connectivity index (χ4v) is 3.21. The van der Waals surface area contributed by atoms with Gasteiger partial charge >= 0.3 is 0 Å². The minimum absolute atomic E-state index is 0.0246. The van der Waals surface area contributed by atoms with Gasteiger partial charge in [-0.3, -0.25) is 4.79 Å². The van der Waals surface area contributed by atoms with Crippen molar-refractivity contribution < 1.29 is 4.79 Å². The molecule has 3 rings (SSSR count). The minimum Gasteiger partial charge on any atom is -0.351 e. The fourth-order valence-electron chi connectivity index (χ4n) is 3.21. The van der Waals surface area contributed by atoms with E-state index < -0.39 is 0 Å². The number of aromatic nitrogens is 3. The van der Waals surface area contributed by atoms with Gasteiger partial charge in [0.15, 0.2) is 0 Å². The third kappa shape index (κ3) is 2.91. The van der Waals surface area contributed by atoms with E-state index in [1.807, 2.05) is 24.3 Å². The molecule has 112 valence electrons. The zero-order valence-electron chi connectivity index (χ0n) is 12.6. The monoisotopic (exact) mass is 286 g/mol. The van der Waals surface area contributed by atoms with Gasteiger partial charge in [0, 0.05) is 6.04 Å². The number of hydrogen-bond donors (Lipinski definition) is 1. The molecular formula is C16H22N4O. The van der Waals surface area contributed by atoms with Crippen LogP contribution in [0, 0.1) is 11.8 Å². The molecule has 21 heavy (non-hydrogen) atoms. The molecule has 0 spiro atoms. The number of rotatable bonds is 3. The van der Waals surface area contributed by atoms with Crippen molar-refractivity contribution >= 4 is 16.9 Å². The first-order chi connectivity index (χ1) is 10.1. The van der Waals surface area contributed by atoms with Crippen LogP contribution < -0.4 is 5.32 Å². The van der Waals surface area contributed by atoms with Gasteiger partial charge in [0.1, 0.15) is 12.1 Å². The molecule has 2 aromatic rings. The van der Waals surface area contributed by atoms with Gasteiger partial charge in [-0.2, -0.15) is 0 Å². The first kappa shape index (κ1) is 14.0. The lowest BCUT2D eigenvalue weighted by atomic mass is 9.78. The summed E-state index contributed by atoms with van der Waals surface area (Å²) >= 11 is 0. The number of para-hydroxylation sites is 1. The maximum Gasteiger partial charge on any atom is 0.242 e. The van der Waals surface area contributed by atoms with Gasteiger partial charge in [-0.1, -0.05) is 44.0 Å². The molecule has 0 saturated heterocycles. The van der Waals surface area contributed by atoms with Gasteiger partial charge in [-0.05, 0) is 30.4 Å². The van der Waals surface area contributed by atoms with Crippen molar-refractivity contribution in [2.75, 3.05) is 0 Å². The van der Waals surface area contributed by atoms with Crippen molar-refractivity contribution in [1.29, 1.82) is 0 Å². The SMILES string of the molecule is C[C@@H]1[C@@H](C)CCC[C@H]1NC(=O)Cn1nnc2ccccc21. The second-order valence-electron chi connectivity index (χ2n) is 6.18. The van der Waals surface area contributed by atoms with E-state index in [4.69, 9.17) is 0 Å². The van der Waals surface area contributed by atoms with Crippen LogP contribution in [0.25, 0.3) is 11.0 Å². The summed E-state index contributed by atoms with van der Waals surface area (Å²) in [7, 11) is 0. The summed E-state index contributed by atoms with van der Waals surface area (Å²) in [6.45, 7) is 4.74. The van der Waals surface area contributed by atoms with Crippen LogP contribution in [0.4, 0.5) is 0 Å². The molecule has 1 N–H and O–H groups in total. The van der Waals surface area contributed by atoms with E-state index in [0.717, 1.165) is 17.5 Å². The lowest BCUT2D eigenvalue weighted by Crippen LogP contribution is -2.44. The van der Waals surface area contributed by atoms with E-state index >= 15 is 0 Å². The van der Waals surface area contributed by atoms with Crippen molar-refractivity contribution in [1.82, 2.24) is 20.3 Å². The largest absolute Gasteiger partial charge is 0.351 e. The fraction of sp³-hybridized carbons (Fsp3) is 0.562. The van der Waals surface area contributed by atoms with Crippen molar-refractivity contribution in [3.63, 3.8) is 0 Å². The quantitative estimate of drug-likeness (QED) is 0.942. The van der Waals surface area contributed by atoms with Crippen molar-refractivity contribution in [2.24, 2.45) is 11.8 Å². The summed E-state index contributed by atoms with van der Waals surface area (Å²) in [6.07, 6.45) is 3.54. The molecule has 1 aliphatic rings. The van der Waals surface area contributed by atoms with Gasteiger partial charge in [-0.15, -0.1) is 5.10 Å². The Kier molecular flexibility index (Phi) is 3.90. The maximum atomic E-state index is 12.3. The van der Waals surface area contributed by atoms with Gasteiger partial charge in [0.25, 0.3) is 0 Å².